The number of amides is 2. The molecule has 0 aromatic heterocycles. The van der Waals surface area contributed by atoms with Gasteiger partial charge < -0.3 is 16.0 Å². The predicted octanol–water partition coefficient (Wildman–Crippen LogP) is 1.66. The fourth-order valence-electron chi connectivity index (χ4n) is 2.36. The Labute approximate surface area is 119 Å². The molecule has 1 aliphatic heterocycles. The largest absolute Gasteiger partial charge is 0.325 e. The van der Waals surface area contributed by atoms with Crippen molar-refractivity contribution in [3.63, 3.8) is 0 Å². The molecule has 0 saturated carbocycles. The Kier molecular flexibility index (Phi) is 4.39. The second-order valence-electron chi connectivity index (χ2n) is 5.17. The first-order valence-corrected chi connectivity index (χ1v) is 7.02. The van der Waals surface area contributed by atoms with E-state index in [0.717, 1.165) is 36.3 Å². The molecule has 0 spiro atoms. The zero-order chi connectivity index (χ0) is 14.7. The third kappa shape index (κ3) is 2.99. The zero-order valence-corrected chi connectivity index (χ0v) is 12.0. The van der Waals surface area contributed by atoms with Crippen LogP contribution in [-0.2, 0) is 16.0 Å². The highest BCUT2D eigenvalue weighted by molar-refractivity contribution is 5.98. The fourth-order valence-corrected chi connectivity index (χ4v) is 2.36. The molecule has 2 amide bonds. The fraction of sp³-hybridized carbons (Fsp3) is 0.467. The van der Waals surface area contributed by atoms with E-state index in [1.54, 1.807) is 6.92 Å². The Balaban J connectivity index is 2.23. The van der Waals surface area contributed by atoms with Gasteiger partial charge in [-0.05, 0) is 43.5 Å². The second-order valence-corrected chi connectivity index (χ2v) is 5.17. The van der Waals surface area contributed by atoms with Crippen molar-refractivity contribution >= 4 is 23.2 Å². The molecule has 1 aliphatic rings. The van der Waals surface area contributed by atoms with Gasteiger partial charge in [-0.2, -0.15) is 0 Å². The number of anilines is 2. The van der Waals surface area contributed by atoms with Crippen LogP contribution in [0, 0.1) is 0 Å². The minimum atomic E-state index is -0.538. The maximum atomic E-state index is 11.9. The van der Waals surface area contributed by atoms with Crippen LogP contribution in [-0.4, -0.2) is 24.4 Å². The Morgan fingerprint density at radius 1 is 1.45 bits per heavy atom. The number of hydrogen-bond donors (Lipinski definition) is 2. The summed E-state index contributed by atoms with van der Waals surface area (Å²) >= 11 is 0. The summed E-state index contributed by atoms with van der Waals surface area (Å²) in [7, 11) is 0. The van der Waals surface area contributed by atoms with Gasteiger partial charge in [0.25, 0.3) is 0 Å². The number of carbonyl (C=O) groups is 2. The van der Waals surface area contributed by atoms with E-state index in [4.69, 9.17) is 5.73 Å². The van der Waals surface area contributed by atoms with Crippen LogP contribution >= 0.6 is 0 Å². The molecule has 0 bridgehead atoms. The van der Waals surface area contributed by atoms with Gasteiger partial charge in [-0.15, -0.1) is 0 Å². The topological polar surface area (TPSA) is 75.4 Å². The number of hydrogen-bond acceptors (Lipinski definition) is 3. The van der Waals surface area contributed by atoms with Crippen molar-refractivity contribution in [2.45, 2.75) is 39.2 Å². The van der Waals surface area contributed by atoms with Crippen molar-refractivity contribution in [1.82, 2.24) is 0 Å². The molecule has 1 atom stereocenters. The molecular weight excluding hydrogens is 254 g/mol. The average Bonchev–Trinajstić information content (AvgIpc) is 2.42. The van der Waals surface area contributed by atoms with Crippen LogP contribution in [0.5, 0.6) is 0 Å². The molecule has 1 aromatic carbocycles. The molecule has 0 fully saturated rings. The maximum absolute atomic E-state index is 11.9. The molecule has 0 radical (unpaired) electrons. The van der Waals surface area contributed by atoms with Crippen molar-refractivity contribution in [2.24, 2.45) is 5.73 Å². The van der Waals surface area contributed by atoms with Crippen LogP contribution in [0.15, 0.2) is 18.2 Å². The first-order chi connectivity index (χ1) is 9.52. The SMILES string of the molecule is CCCN1C(=O)CCc2cc(NC(=O)[C@@H](C)N)ccc21. The molecule has 1 aromatic rings. The van der Waals surface area contributed by atoms with Crippen LogP contribution in [0.25, 0.3) is 0 Å². The van der Waals surface area contributed by atoms with Crippen LogP contribution in [0.4, 0.5) is 11.4 Å². The number of aryl methyl sites for hydroxylation is 1. The minimum absolute atomic E-state index is 0.173. The lowest BCUT2D eigenvalue weighted by atomic mass is 10.00. The number of nitrogens with zero attached hydrogens (tertiary/aromatic N) is 1. The number of fused-ring (bicyclic) bond motifs is 1. The first-order valence-electron chi connectivity index (χ1n) is 7.02. The highest BCUT2D eigenvalue weighted by Crippen LogP contribution is 2.30. The lowest BCUT2D eigenvalue weighted by molar-refractivity contribution is -0.119. The molecule has 3 N–H and O–H groups in total. The summed E-state index contributed by atoms with van der Waals surface area (Å²) in [5, 5.41) is 2.78. The number of rotatable bonds is 4. The second kappa shape index (κ2) is 6.05. The molecule has 0 aliphatic carbocycles. The van der Waals surface area contributed by atoms with Crippen LogP contribution < -0.4 is 16.0 Å². The Bertz CT molecular complexity index is 526. The number of nitrogens with two attached hydrogens (primary N) is 1. The average molecular weight is 275 g/mol. The van der Waals surface area contributed by atoms with E-state index in [1.165, 1.54) is 0 Å². The van der Waals surface area contributed by atoms with E-state index < -0.39 is 6.04 Å². The van der Waals surface area contributed by atoms with E-state index in [1.807, 2.05) is 23.1 Å². The molecule has 0 saturated heterocycles. The molecule has 108 valence electrons. The summed E-state index contributed by atoms with van der Waals surface area (Å²) in [6.07, 6.45) is 2.17. The summed E-state index contributed by atoms with van der Waals surface area (Å²) in [6, 6.07) is 5.12. The number of benzene rings is 1. The van der Waals surface area contributed by atoms with Crippen molar-refractivity contribution in [3.05, 3.63) is 23.8 Å². The van der Waals surface area contributed by atoms with Crippen molar-refractivity contribution in [2.75, 3.05) is 16.8 Å². The molecule has 5 heteroatoms. The standard InChI is InChI=1S/C15H21N3O2/c1-3-8-18-13-6-5-12(17-15(20)10(2)16)9-11(13)4-7-14(18)19/h5-6,9-10H,3-4,7-8,16H2,1-2H3,(H,17,20)/t10-/m1/s1. The summed E-state index contributed by atoms with van der Waals surface area (Å²) in [4.78, 5) is 25.4. The third-order valence-electron chi connectivity index (χ3n) is 3.41. The molecule has 5 nitrogen and oxygen atoms in total. The van der Waals surface area contributed by atoms with Gasteiger partial charge in [0.1, 0.15) is 0 Å². The Hall–Kier alpha value is -1.88. The quantitative estimate of drug-likeness (QED) is 0.877. The van der Waals surface area contributed by atoms with E-state index in [2.05, 4.69) is 12.2 Å². The molecule has 2 rings (SSSR count). The van der Waals surface area contributed by atoms with Crippen LogP contribution in [0.2, 0.25) is 0 Å². The van der Waals surface area contributed by atoms with E-state index >= 15 is 0 Å². The van der Waals surface area contributed by atoms with Gasteiger partial charge in [0.2, 0.25) is 11.8 Å². The lowest BCUT2D eigenvalue weighted by Crippen LogP contribution is -2.36. The van der Waals surface area contributed by atoms with Gasteiger partial charge >= 0.3 is 0 Å². The van der Waals surface area contributed by atoms with Gasteiger partial charge in [0.15, 0.2) is 0 Å². The summed E-state index contributed by atoms with van der Waals surface area (Å²) in [5.74, 6) is -0.0334. The zero-order valence-electron chi connectivity index (χ0n) is 12.0. The monoisotopic (exact) mass is 275 g/mol. The van der Waals surface area contributed by atoms with Crippen LogP contribution in [0.3, 0.4) is 0 Å². The number of carbonyl (C=O) groups excluding carboxylic acids is 2. The third-order valence-corrected chi connectivity index (χ3v) is 3.41. The predicted molar refractivity (Wildman–Crippen MR) is 79.7 cm³/mol. The van der Waals surface area contributed by atoms with Gasteiger partial charge in [-0.25, -0.2) is 0 Å². The highest BCUT2D eigenvalue weighted by atomic mass is 16.2. The van der Waals surface area contributed by atoms with Gasteiger partial charge in [0.05, 0.1) is 6.04 Å². The Morgan fingerprint density at radius 3 is 2.85 bits per heavy atom. The van der Waals surface area contributed by atoms with Gasteiger partial charge in [-0.1, -0.05) is 6.92 Å². The number of nitrogens with one attached hydrogen (secondary N) is 1. The van der Waals surface area contributed by atoms with Crippen molar-refractivity contribution < 1.29 is 9.59 Å². The highest BCUT2D eigenvalue weighted by Gasteiger charge is 2.23. The smallest absolute Gasteiger partial charge is 0.240 e. The first kappa shape index (κ1) is 14.5. The maximum Gasteiger partial charge on any atom is 0.240 e. The molecular formula is C15H21N3O2. The van der Waals surface area contributed by atoms with E-state index in [-0.39, 0.29) is 11.8 Å². The molecule has 0 unspecified atom stereocenters. The lowest BCUT2D eigenvalue weighted by Gasteiger charge is -2.29. The summed E-state index contributed by atoms with van der Waals surface area (Å²) in [6.45, 7) is 4.44. The Morgan fingerprint density at radius 2 is 2.20 bits per heavy atom. The van der Waals surface area contributed by atoms with E-state index in [0.29, 0.717) is 6.42 Å². The van der Waals surface area contributed by atoms with E-state index in [9.17, 15) is 9.59 Å². The van der Waals surface area contributed by atoms with Gasteiger partial charge in [0, 0.05) is 24.3 Å². The summed E-state index contributed by atoms with van der Waals surface area (Å²) < 4.78 is 0. The minimum Gasteiger partial charge on any atom is -0.325 e. The van der Waals surface area contributed by atoms with Crippen LogP contribution in [0.1, 0.15) is 32.3 Å². The van der Waals surface area contributed by atoms with Gasteiger partial charge in [-0.3, -0.25) is 9.59 Å². The van der Waals surface area contributed by atoms with Crippen molar-refractivity contribution in [3.8, 4) is 0 Å². The summed E-state index contributed by atoms with van der Waals surface area (Å²) in [5.41, 5.74) is 8.33. The normalized spacial score (nSPS) is 15.8. The molecule has 20 heavy (non-hydrogen) atoms. The van der Waals surface area contributed by atoms with Crippen molar-refractivity contribution in [1.29, 1.82) is 0 Å². The molecule has 1 heterocycles.